The van der Waals surface area contributed by atoms with Crippen molar-refractivity contribution in [3.8, 4) is 0 Å². The lowest BCUT2D eigenvalue weighted by Gasteiger charge is -2.33. The van der Waals surface area contributed by atoms with E-state index in [9.17, 15) is 4.79 Å². The molecular weight excluding hydrogens is 204 g/mol. The number of likely N-dealkylation sites (tertiary alicyclic amines) is 1. The van der Waals surface area contributed by atoms with Crippen LogP contribution in [0.5, 0.6) is 0 Å². The summed E-state index contributed by atoms with van der Waals surface area (Å²) in [6, 6.07) is 0. The van der Waals surface area contributed by atoms with E-state index in [1.165, 1.54) is 0 Å². The minimum Gasteiger partial charge on any atom is -0.478 e. The van der Waals surface area contributed by atoms with Gasteiger partial charge in [0.15, 0.2) is 0 Å². The van der Waals surface area contributed by atoms with Gasteiger partial charge >= 0.3 is 5.97 Å². The molecule has 0 spiro atoms. The molecular formula is C12H22N2O2. The summed E-state index contributed by atoms with van der Waals surface area (Å²) >= 11 is 0. The Balaban J connectivity index is 2.27. The molecule has 4 heteroatoms. The molecule has 1 saturated heterocycles. The molecule has 1 rings (SSSR count). The molecule has 0 aromatic rings. The SMILES string of the molecule is C=C(CN1CCC(CN(C)C)CC1)C(=O)O. The van der Waals surface area contributed by atoms with Crippen LogP contribution in [0.15, 0.2) is 12.2 Å². The highest BCUT2D eigenvalue weighted by atomic mass is 16.4. The monoisotopic (exact) mass is 226 g/mol. The Morgan fingerprint density at radius 1 is 1.44 bits per heavy atom. The van der Waals surface area contributed by atoms with Gasteiger partial charge in [0.2, 0.25) is 0 Å². The molecule has 16 heavy (non-hydrogen) atoms. The molecule has 1 aliphatic rings. The summed E-state index contributed by atoms with van der Waals surface area (Å²) < 4.78 is 0. The van der Waals surface area contributed by atoms with E-state index in [0.717, 1.165) is 38.4 Å². The second-order valence-corrected chi connectivity index (χ2v) is 4.89. The summed E-state index contributed by atoms with van der Waals surface area (Å²) in [5.41, 5.74) is 0.297. The van der Waals surface area contributed by atoms with E-state index >= 15 is 0 Å². The first-order valence-corrected chi connectivity index (χ1v) is 5.77. The number of aliphatic carboxylic acids is 1. The normalized spacial score (nSPS) is 18.9. The predicted octanol–water partition coefficient (Wildman–Crippen LogP) is 0.901. The summed E-state index contributed by atoms with van der Waals surface area (Å²) in [7, 11) is 4.19. The van der Waals surface area contributed by atoms with Gasteiger partial charge in [-0.05, 0) is 45.9 Å². The third kappa shape index (κ3) is 4.33. The second kappa shape index (κ2) is 6.01. The van der Waals surface area contributed by atoms with E-state index in [1.54, 1.807) is 0 Å². The molecule has 1 aliphatic heterocycles. The fourth-order valence-electron chi connectivity index (χ4n) is 2.18. The van der Waals surface area contributed by atoms with Gasteiger partial charge in [0, 0.05) is 18.7 Å². The van der Waals surface area contributed by atoms with Gasteiger partial charge in [-0.1, -0.05) is 6.58 Å². The molecule has 4 nitrogen and oxygen atoms in total. The lowest BCUT2D eigenvalue weighted by atomic mass is 9.96. The second-order valence-electron chi connectivity index (χ2n) is 4.89. The molecule has 0 atom stereocenters. The third-order valence-corrected chi connectivity index (χ3v) is 3.05. The van der Waals surface area contributed by atoms with E-state index < -0.39 is 5.97 Å². The van der Waals surface area contributed by atoms with Crippen molar-refractivity contribution in [3.63, 3.8) is 0 Å². The van der Waals surface area contributed by atoms with Crippen LogP contribution in [-0.2, 0) is 4.79 Å². The lowest BCUT2D eigenvalue weighted by Crippen LogP contribution is -2.38. The topological polar surface area (TPSA) is 43.8 Å². The summed E-state index contributed by atoms with van der Waals surface area (Å²) in [5.74, 6) is -0.125. The number of hydrogen-bond donors (Lipinski definition) is 1. The zero-order valence-electron chi connectivity index (χ0n) is 10.3. The number of carboxylic acids is 1. The van der Waals surface area contributed by atoms with Gasteiger partial charge in [0.05, 0.1) is 0 Å². The smallest absolute Gasteiger partial charge is 0.332 e. The first-order chi connectivity index (χ1) is 7.49. The fourth-order valence-corrected chi connectivity index (χ4v) is 2.18. The number of carbonyl (C=O) groups is 1. The van der Waals surface area contributed by atoms with Crippen LogP contribution in [0.25, 0.3) is 0 Å². The van der Waals surface area contributed by atoms with Crippen molar-refractivity contribution in [2.45, 2.75) is 12.8 Å². The third-order valence-electron chi connectivity index (χ3n) is 3.05. The van der Waals surface area contributed by atoms with Crippen LogP contribution in [0.2, 0.25) is 0 Å². The quantitative estimate of drug-likeness (QED) is 0.707. The highest BCUT2D eigenvalue weighted by Gasteiger charge is 2.20. The van der Waals surface area contributed by atoms with E-state index in [4.69, 9.17) is 5.11 Å². The Morgan fingerprint density at radius 2 is 2.00 bits per heavy atom. The molecule has 0 aromatic carbocycles. The Labute approximate surface area is 97.5 Å². The Morgan fingerprint density at radius 3 is 2.44 bits per heavy atom. The van der Waals surface area contributed by atoms with Crippen molar-refractivity contribution < 1.29 is 9.90 Å². The first kappa shape index (κ1) is 13.2. The number of carboxylic acid groups (broad SMARTS) is 1. The number of piperidine rings is 1. The Bertz CT molecular complexity index is 256. The molecule has 0 amide bonds. The van der Waals surface area contributed by atoms with Crippen LogP contribution in [0, 0.1) is 5.92 Å². The van der Waals surface area contributed by atoms with Crippen molar-refractivity contribution in [1.29, 1.82) is 0 Å². The van der Waals surface area contributed by atoms with Crippen molar-refractivity contribution in [2.75, 3.05) is 40.3 Å². The summed E-state index contributed by atoms with van der Waals surface area (Å²) in [5, 5.41) is 8.75. The summed E-state index contributed by atoms with van der Waals surface area (Å²) in [6.45, 7) is 7.18. The Kier molecular flexibility index (Phi) is 4.96. The van der Waals surface area contributed by atoms with Crippen molar-refractivity contribution in [2.24, 2.45) is 5.92 Å². The van der Waals surface area contributed by atoms with E-state index in [2.05, 4.69) is 30.5 Å². The fraction of sp³-hybridized carbons (Fsp3) is 0.750. The van der Waals surface area contributed by atoms with E-state index in [0.29, 0.717) is 12.1 Å². The first-order valence-electron chi connectivity index (χ1n) is 5.77. The minimum atomic E-state index is -0.879. The maximum absolute atomic E-state index is 10.6. The van der Waals surface area contributed by atoms with Gasteiger partial charge in [0.25, 0.3) is 0 Å². The van der Waals surface area contributed by atoms with E-state index in [-0.39, 0.29) is 0 Å². The maximum atomic E-state index is 10.6. The zero-order chi connectivity index (χ0) is 12.1. The maximum Gasteiger partial charge on any atom is 0.332 e. The molecule has 1 heterocycles. The molecule has 0 unspecified atom stereocenters. The van der Waals surface area contributed by atoms with Crippen LogP contribution in [0.1, 0.15) is 12.8 Å². The molecule has 0 bridgehead atoms. The van der Waals surface area contributed by atoms with Crippen molar-refractivity contribution in [3.05, 3.63) is 12.2 Å². The molecule has 1 N–H and O–H groups in total. The average Bonchev–Trinajstić information content (AvgIpc) is 2.20. The number of nitrogens with zero attached hydrogens (tertiary/aromatic N) is 2. The van der Waals surface area contributed by atoms with Crippen molar-refractivity contribution in [1.82, 2.24) is 9.80 Å². The van der Waals surface area contributed by atoms with Crippen LogP contribution in [0.3, 0.4) is 0 Å². The van der Waals surface area contributed by atoms with Crippen LogP contribution >= 0.6 is 0 Å². The lowest BCUT2D eigenvalue weighted by molar-refractivity contribution is -0.132. The van der Waals surface area contributed by atoms with Crippen molar-refractivity contribution >= 4 is 5.97 Å². The number of rotatable bonds is 5. The van der Waals surface area contributed by atoms with Crippen LogP contribution < -0.4 is 0 Å². The number of hydrogen-bond acceptors (Lipinski definition) is 3. The highest BCUT2D eigenvalue weighted by molar-refractivity contribution is 5.86. The molecule has 0 aromatic heterocycles. The van der Waals surface area contributed by atoms with Gasteiger partial charge in [-0.3, -0.25) is 4.90 Å². The van der Waals surface area contributed by atoms with Gasteiger partial charge < -0.3 is 10.0 Å². The van der Waals surface area contributed by atoms with Crippen LogP contribution in [0.4, 0.5) is 0 Å². The van der Waals surface area contributed by atoms with Gasteiger partial charge in [0.1, 0.15) is 0 Å². The average molecular weight is 226 g/mol. The molecule has 92 valence electrons. The molecule has 0 aliphatic carbocycles. The summed E-state index contributed by atoms with van der Waals surface area (Å²) in [4.78, 5) is 15.1. The molecule has 0 saturated carbocycles. The molecule has 1 fully saturated rings. The minimum absolute atomic E-state index is 0.297. The van der Waals surface area contributed by atoms with E-state index in [1.807, 2.05) is 0 Å². The highest BCUT2D eigenvalue weighted by Crippen LogP contribution is 2.18. The van der Waals surface area contributed by atoms with Gasteiger partial charge in [-0.2, -0.15) is 0 Å². The predicted molar refractivity (Wildman–Crippen MR) is 64.5 cm³/mol. The van der Waals surface area contributed by atoms with Gasteiger partial charge in [-0.15, -0.1) is 0 Å². The molecule has 0 radical (unpaired) electrons. The Hall–Kier alpha value is -0.870. The zero-order valence-corrected chi connectivity index (χ0v) is 10.3. The van der Waals surface area contributed by atoms with Gasteiger partial charge in [-0.25, -0.2) is 4.79 Å². The summed E-state index contributed by atoms with van der Waals surface area (Å²) in [6.07, 6.45) is 2.32. The standard InChI is InChI=1S/C12H22N2O2/c1-10(12(15)16)8-14-6-4-11(5-7-14)9-13(2)3/h11H,1,4-9H2,2-3H3,(H,15,16). The van der Waals surface area contributed by atoms with Crippen LogP contribution in [-0.4, -0.2) is 61.2 Å². The largest absolute Gasteiger partial charge is 0.478 e.